The molecule has 1 aromatic rings. The number of methoxy groups -OCH3 is 1. The third kappa shape index (κ3) is 4.20. The molecule has 0 radical (unpaired) electrons. The zero-order valence-electron chi connectivity index (χ0n) is 15.9. The lowest BCUT2D eigenvalue weighted by Crippen LogP contribution is -2.44. The SMILES string of the molecule is COC(=O)c1ccccc1NC(=O)COC(=O)CN1C(=O)NC2(CCCC2)C1=O. The number of nitrogens with zero attached hydrogens (tertiary/aromatic N) is 1. The van der Waals surface area contributed by atoms with Gasteiger partial charge in [-0.05, 0) is 25.0 Å². The molecule has 1 spiro atoms. The van der Waals surface area contributed by atoms with Crippen molar-refractivity contribution >= 4 is 35.5 Å². The Balaban J connectivity index is 1.52. The van der Waals surface area contributed by atoms with Gasteiger partial charge in [0.25, 0.3) is 11.8 Å². The van der Waals surface area contributed by atoms with Crippen LogP contribution >= 0.6 is 0 Å². The van der Waals surface area contributed by atoms with Crippen molar-refractivity contribution in [3.05, 3.63) is 29.8 Å². The topological polar surface area (TPSA) is 131 Å². The number of amides is 4. The third-order valence-corrected chi connectivity index (χ3v) is 4.96. The van der Waals surface area contributed by atoms with Crippen LogP contribution in [0.3, 0.4) is 0 Å². The second-order valence-corrected chi connectivity index (χ2v) is 6.86. The van der Waals surface area contributed by atoms with Gasteiger partial charge in [-0.15, -0.1) is 0 Å². The third-order valence-electron chi connectivity index (χ3n) is 4.96. The Hall–Kier alpha value is -3.43. The van der Waals surface area contributed by atoms with Gasteiger partial charge in [0.05, 0.1) is 18.4 Å². The number of rotatable bonds is 6. The summed E-state index contributed by atoms with van der Waals surface area (Å²) in [6.07, 6.45) is 2.76. The van der Waals surface area contributed by atoms with Crippen LogP contribution in [0, 0.1) is 0 Å². The molecule has 29 heavy (non-hydrogen) atoms. The van der Waals surface area contributed by atoms with Gasteiger partial charge >= 0.3 is 18.0 Å². The van der Waals surface area contributed by atoms with E-state index in [0.717, 1.165) is 17.7 Å². The molecule has 1 aromatic carbocycles. The molecule has 2 aliphatic rings. The van der Waals surface area contributed by atoms with Crippen molar-refractivity contribution in [3.63, 3.8) is 0 Å². The molecule has 10 nitrogen and oxygen atoms in total. The Morgan fingerprint density at radius 3 is 2.55 bits per heavy atom. The fourth-order valence-electron chi connectivity index (χ4n) is 3.52. The van der Waals surface area contributed by atoms with E-state index in [2.05, 4.69) is 15.4 Å². The first-order valence-corrected chi connectivity index (χ1v) is 9.13. The molecule has 2 fully saturated rings. The Kier molecular flexibility index (Phi) is 5.81. The molecule has 0 atom stereocenters. The molecule has 154 valence electrons. The number of benzene rings is 1. The van der Waals surface area contributed by atoms with Crippen molar-refractivity contribution in [1.82, 2.24) is 10.2 Å². The predicted octanol–water partition coefficient (Wildman–Crippen LogP) is 0.819. The highest BCUT2D eigenvalue weighted by Crippen LogP contribution is 2.34. The molecule has 0 aromatic heterocycles. The van der Waals surface area contributed by atoms with Crippen molar-refractivity contribution in [2.24, 2.45) is 0 Å². The Morgan fingerprint density at radius 1 is 1.17 bits per heavy atom. The highest BCUT2D eigenvalue weighted by Gasteiger charge is 2.52. The standard InChI is InChI=1S/C19H21N3O7/c1-28-16(25)12-6-2-3-7-13(12)20-14(23)11-29-15(24)10-22-17(26)19(21-18(22)27)8-4-5-9-19/h2-3,6-7H,4-5,8-11H2,1H3,(H,20,23)(H,21,27). The minimum atomic E-state index is -0.910. The molecule has 2 N–H and O–H groups in total. The van der Waals surface area contributed by atoms with Gasteiger partial charge in [-0.2, -0.15) is 0 Å². The Morgan fingerprint density at radius 2 is 1.86 bits per heavy atom. The number of carbonyl (C=O) groups is 5. The van der Waals surface area contributed by atoms with Crippen molar-refractivity contribution < 1.29 is 33.4 Å². The molecule has 0 bridgehead atoms. The monoisotopic (exact) mass is 403 g/mol. The minimum absolute atomic E-state index is 0.149. The number of nitrogens with one attached hydrogen (secondary N) is 2. The quantitative estimate of drug-likeness (QED) is 0.531. The lowest BCUT2D eigenvalue weighted by molar-refractivity contribution is -0.150. The number of para-hydroxylation sites is 1. The van der Waals surface area contributed by atoms with E-state index in [1.165, 1.54) is 19.2 Å². The van der Waals surface area contributed by atoms with Gasteiger partial charge in [-0.25, -0.2) is 9.59 Å². The highest BCUT2D eigenvalue weighted by molar-refractivity contribution is 6.09. The van der Waals surface area contributed by atoms with Crippen molar-refractivity contribution in [2.75, 3.05) is 25.6 Å². The normalized spacial score (nSPS) is 17.2. The first-order valence-electron chi connectivity index (χ1n) is 9.13. The summed E-state index contributed by atoms with van der Waals surface area (Å²) in [6.45, 7) is -1.21. The van der Waals surface area contributed by atoms with Gasteiger partial charge in [0, 0.05) is 0 Å². The summed E-state index contributed by atoms with van der Waals surface area (Å²) in [5, 5.41) is 5.12. The number of imide groups is 1. The molecule has 3 rings (SSSR count). The number of urea groups is 1. The van der Waals surface area contributed by atoms with E-state index in [1.54, 1.807) is 12.1 Å². The number of esters is 2. The summed E-state index contributed by atoms with van der Waals surface area (Å²) in [6, 6.07) is 5.57. The maximum atomic E-state index is 12.5. The van der Waals surface area contributed by atoms with Crippen LogP contribution in [0.5, 0.6) is 0 Å². The fourth-order valence-corrected chi connectivity index (χ4v) is 3.52. The van der Waals surface area contributed by atoms with Crippen LogP contribution in [0.4, 0.5) is 10.5 Å². The van der Waals surface area contributed by atoms with E-state index in [1.807, 2.05) is 0 Å². The van der Waals surface area contributed by atoms with Gasteiger partial charge in [0.1, 0.15) is 12.1 Å². The van der Waals surface area contributed by atoms with E-state index >= 15 is 0 Å². The number of carbonyl (C=O) groups excluding carboxylic acids is 5. The van der Waals surface area contributed by atoms with E-state index in [9.17, 15) is 24.0 Å². The van der Waals surface area contributed by atoms with E-state index in [4.69, 9.17) is 4.74 Å². The lowest BCUT2D eigenvalue weighted by atomic mass is 9.98. The lowest BCUT2D eigenvalue weighted by Gasteiger charge is -2.19. The second-order valence-electron chi connectivity index (χ2n) is 6.86. The largest absolute Gasteiger partial charge is 0.465 e. The molecule has 1 saturated heterocycles. The van der Waals surface area contributed by atoms with Crippen LogP contribution in [0.15, 0.2) is 24.3 Å². The molecule has 1 heterocycles. The molecular weight excluding hydrogens is 382 g/mol. The zero-order valence-corrected chi connectivity index (χ0v) is 15.9. The average Bonchev–Trinajstić information content (AvgIpc) is 3.27. The molecule has 1 saturated carbocycles. The maximum absolute atomic E-state index is 12.5. The summed E-state index contributed by atoms with van der Waals surface area (Å²) in [5.74, 6) is -2.63. The molecule has 4 amide bonds. The van der Waals surface area contributed by atoms with Gasteiger partial charge in [0.15, 0.2) is 6.61 Å². The van der Waals surface area contributed by atoms with Gasteiger partial charge in [-0.3, -0.25) is 19.3 Å². The summed E-state index contributed by atoms with van der Waals surface area (Å²) in [4.78, 5) is 61.1. The summed E-state index contributed by atoms with van der Waals surface area (Å²) in [5.41, 5.74) is -0.555. The zero-order chi connectivity index (χ0) is 21.0. The van der Waals surface area contributed by atoms with E-state index in [0.29, 0.717) is 12.8 Å². The number of hydrogen-bond donors (Lipinski definition) is 2. The molecule has 1 aliphatic carbocycles. The summed E-state index contributed by atoms with van der Waals surface area (Å²) >= 11 is 0. The van der Waals surface area contributed by atoms with Crippen molar-refractivity contribution in [2.45, 2.75) is 31.2 Å². The smallest absolute Gasteiger partial charge is 0.339 e. The fraction of sp³-hybridized carbons (Fsp3) is 0.421. The average molecular weight is 403 g/mol. The molecule has 0 unspecified atom stereocenters. The van der Waals surface area contributed by atoms with Crippen LogP contribution in [0.2, 0.25) is 0 Å². The Labute approximate surface area is 166 Å². The first-order chi connectivity index (χ1) is 13.9. The van der Waals surface area contributed by atoms with Crippen LogP contribution in [-0.2, 0) is 23.9 Å². The van der Waals surface area contributed by atoms with Crippen LogP contribution in [0.1, 0.15) is 36.0 Å². The first kappa shape index (κ1) is 20.3. The van der Waals surface area contributed by atoms with Gasteiger partial charge in [0.2, 0.25) is 0 Å². The van der Waals surface area contributed by atoms with Crippen molar-refractivity contribution in [1.29, 1.82) is 0 Å². The number of anilines is 1. The van der Waals surface area contributed by atoms with Crippen LogP contribution in [-0.4, -0.2) is 60.5 Å². The molecule has 10 heteroatoms. The Bertz CT molecular complexity index is 861. The van der Waals surface area contributed by atoms with Gasteiger partial charge < -0.3 is 20.1 Å². The van der Waals surface area contributed by atoms with Crippen LogP contribution < -0.4 is 10.6 Å². The minimum Gasteiger partial charge on any atom is -0.465 e. The van der Waals surface area contributed by atoms with Crippen LogP contribution in [0.25, 0.3) is 0 Å². The maximum Gasteiger partial charge on any atom is 0.339 e. The number of ether oxygens (including phenoxy) is 2. The summed E-state index contributed by atoms with van der Waals surface area (Å²) in [7, 11) is 1.22. The predicted molar refractivity (Wildman–Crippen MR) is 98.8 cm³/mol. The molecular formula is C19H21N3O7. The summed E-state index contributed by atoms with van der Waals surface area (Å²) < 4.78 is 9.51. The van der Waals surface area contributed by atoms with E-state index < -0.39 is 48.5 Å². The highest BCUT2D eigenvalue weighted by atomic mass is 16.5. The van der Waals surface area contributed by atoms with Crippen molar-refractivity contribution in [3.8, 4) is 0 Å². The second kappa shape index (κ2) is 8.29. The molecule has 1 aliphatic heterocycles. The van der Waals surface area contributed by atoms with E-state index in [-0.39, 0.29) is 11.3 Å². The van der Waals surface area contributed by atoms with Gasteiger partial charge in [-0.1, -0.05) is 25.0 Å². The number of hydrogen-bond acceptors (Lipinski definition) is 7.